The molecule has 5 nitrogen and oxygen atoms in total. The van der Waals surface area contributed by atoms with Crippen molar-refractivity contribution < 1.29 is 32.9 Å². The molecule has 1 heterocycles. The van der Waals surface area contributed by atoms with Gasteiger partial charge in [-0.15, -0.1) is 0 Å². The first-order chi connectivity index (χ1) is 14.9. The Morgan fingerprint density at radius 1 is 1.19 bits per heavy atom. The monoisotopic (exact) mass is 449 g/mol. The number of halogens is 3. The Morgan fingerprint density at radius 3 is 2.34 bits per heavy atom. The van der Waals surface area contributed by atoms with Crippen molar-refractivity contribution in [2.24, 2.45) is 0 Å². The van der Waals surface area contributed by atoms with Crippen LogP contribution in [0.15, 0.2) is 30.3 Å². The summed E-state index contributed by atoms with van der Waals surface area (Å²) in [6.07, 6.45) is 2.68. The van der Waals surface area contributed by atoms with Crippen LogP contribution in [0.3, 0.4) is 0 Å². The molecule has 1 aliphatic rings. The van der Waals surface area contributed by atoms with Crippen molar-refractivity contribution in [3.63, 3.8) is 0 Å². The first-order valence-corrected chi connectivity index (χ1v) is 10.2. The number of esters is 1. The minimum Gasteiger partial charge on any atom is -0.504 e. The van der Waals surface area contributed by atoms with Crippen LogP contribution < -0.4 is 0 Å². The number of carbonyl (C=O) groups excluding carboxylic acids is 1. The maximum atomic E-state index is 15.3. The fourth-order valence-electron chi connectivity index (χ4n) is 4.13. The quantitative estimate of drug-likeness (QED) is 0.395. The molecule has 0 aliphatic carbocycles. The Balaban J connectivity index is 2.18. The second-order valence-corrected chi connectivity index (χ2v) is 8.64. The molecular formula is C24H26F3NO4. The molecule has 0 amide bonds. The van der Waals surface area contributed by atoms with Gasteiger partial charge in [0.15, 0.2) is 11.5 Å². The van der Waals surface area contributed by atoms with Crippen LogP contribution in [0.4, 0.5) is 13.2 Å². The molecule has 8 heteroatoms. The molecule has 2 unspecified atom stereocenters. The molecule has 172 valence electrons. The van der Waals surface area contributed by atoms with Crippen LogP contribution in [-0.4, -0.2) is 46.4 Å². The van der Waals surface area contributed by atoms with Gasteiger partial charge in [0.05, 0.1) is 13.2 Å². The zero-order chi connectivity index (χ0) is 23.8. The largest absolute Gasteiger partial charge is 0.504 e. The average molecular weight is 449 g/mol. The number of rotatable bonds is 5. The molecule has 2 aromatic rings. The van der Waals surface area contributed by atoms with Crippen molar-refractivity contribution in [1.29, 1.82) is 0 Å². The third-order valence-corrected chi connectivity index (χ3v) is 5.49. The standard InChI is InChI=1S/C24H26F3NO4/c1-13-7-15-10-19(29)20(30)11-16(15)23(28(13)12-24(2,3)27)22-17(25)8-14(9-18(22)26)5-6-21(31)32-4/h5-6,8-11,13,23,29-30H,7,12H2,1-4H3/b6-5+. The van der Waals surface area contributed by atoms with Crippen LogP contribution in [-0.2, 0) is 16.0 Å². The summed E-state index contributed by atoms with van der Waals surface area (Å²) in [5.41, 5.74) is -0.844. The van der Waals surface area contributed by atoms with Crippen molar-refractivity contribution in [3.05, 3.63) is 64.2 Å². The third kappa shape index (κ3) is 4.91. The normalized spacial score (nSPS) is 19.2. The average Bonchev–Trinajstić information content (AvgIpc) is 2.68. The van der Waals surface area contributed by atoms with E-state index in [2.05, 4.69) is 4.74 Å². The lowest BCUT2D eigenvalue weighted by molar-refractivity contribution is -0.134. The number of benzene rings is 2. The van der Waals surface area contributed by atoms with Gasteiger partial charge in [0.25, 0.3) is 0 Å². The second-order valence-electron chi connectivity index (χ2n) is 8.64. The van der Waals surface area contributed by atoms with E-state index >= 15 is 8.78 Å². The minimum atomic E-state index is -1.65. The predicted molar refractivity (Wildman–Crippen MR) is 114 cm³/mol. The number of alkyl halides is 1. The van der Waals surface area contributed by atoms with Crippen LogP contribution in [0.1, 0.15) is 49.1 Å². The van der Waals surface area contributed by atoms with E-state index in [4.69, 9.17) is 0 Å². The summed E-state index contributed by atoms with van der Waals surface area (Å²) < 4.78 is 49.7. The maximum Gasteiger partial charge on any atom is 0.330 e. The summed E-state index contributed by atoms with van der Waals surface area (Å²) in [5, 5.41) is 20.0. The van der Waals surface area contributed by atoms with Gasteiger partial charge in [-0.3, -0.25) is 4.90 Å². The van der Waals surface area contributed by atoms with E-state index in [1.54, 1.807) is 4.90 Å². The van der Waals surface area contributed by atoms with E-state index in [0.717, 1.165) is 18.2 Å². The van der Waals surface area contributed by atoms with Crippen LogP contribution in [0, 0.1) is 11.6 Å². The lowest BCUT2D eigenvalue weighted by atomic mass is 9.83. The fourth-order valence-corrected chi connectivity index (χ4v) is 4.13. The minimum absolute atomic E-state index is 0.108. The lowest BCUT2D eigenvalue weighted by Gasteiger charge is -2.44. The predicted octanol–water partition coefficient (Wildman–Crippen LogP) is 4.65. The summed E-state index contributed by atoms with van der Waals surface area (Å²) in [5.74, 6) is -3.20. The van der Waals surface area contributed by atoms with E-state index in [0.29, 0.717) is 17.5 Å². The van der Waals surface area contributed by atoms with E-state index in [-0.39, 0.29) is 29.5 Å². The number of ether oxygens (including phenoxy) is 1. The van der Waals surface area contributed by atoms with E-state index < -0.39 is 35.1 Å². The highest BCUT2D eigenvalue weighted by Gasteiger charge is 2.39. The second kappa shape index (κ2) is 8.86. The third-order valence-electron chi connectivity index (χ3n) is 5.49. The van der Waals surface area contributed by atoms with Gasteiger partial charge in [-0.25, -0.2) is 18.0 Å². The van der Waals surface area contributed by atoms with E-state index in [1.165, 1.54) is 39.2 Å². The first kappa shape index (κ1) is 23.7. The number of nitrogens with zero attached hydrogens (tertiary/aromatic N) is 1. The van der Waals surface area contributed by atoms with E-state index in [9.17, 15) is 19.4 Å². The molecule has 0 spiro atoms. The van der Waals surface area contributed by atoms with Gasteiger partial charge < -0.3 is 14.9 Å². The molecule has 0 fully saturated rings. The number of aromatic hydroxyl groups is 2. The molecule has 32 heavy (non-hydrogen) atoms. The molecule has 0 saturated carbocycles. The Hall–Kier alpha value is -3.00. The van der Waals surface area contributed by atoms with Gasteiger partial charge in [-0.05, 0) is 74.2 Å². The molecule has 2 N–H and O–H groups in total. The topological polar surface area (TPSA) is 70.0 Å². The molecule has 3 rings (SSSR count). The summed E-state index contributed by atoms with van der Waals surface area (Å²) in [6, 6.07) is 3.46. The van der Waals surface area contributed by atoms with Gasteiger partial charge in [0.1, 0.15) is 17.3 Å². The maximum absolute atomic E-state index is 15.3. The lowest BCUT2D eigenvalue weighted by Crippen LogP contribution is -2.48. The van der Waals surface area contributed by atoms with Gasteiger partial charge in [0.2, 0.25) is 0 Å². The Morgan fingerprint density at radius 2 is 1.78 bits per heavy atom. The number of carbonyl (C=O) groups is 1. The number of fused-ring (bicyclic) bond motifs is 1. The number of phenolic OH excluding ortho intramolecular Hbond substituents is 2. The number of methoxy groups -OCH3 is 1. The van der Waals surface area contributed by atoms with Crippen LogP contribution >= 0.6 is 0 Å². The van der Waals surface area contributed by atoms with Gasteiger partial charge in [-0.2, -0.15) is 0 Å². The van der Waals surface area contributed by atoms with Crippen molar-refractivity contribution >= 4 is 12.0 Å². The SMILES string of the molecule is COC(=O)/C=C/c1cc(F)c(C2c3cc(O)c(O)cc3CC(C)N2CC(C)(C)F)c(F)c1. The number of hydrogen-bond acceptors (Lipinski definition) is 5. The van der Waals surface area contributed by atoms with Gasteiger partial charge in [-0.1, -0.05) is 0 Å². The Bertz CT molecular complexity index is 1040. The Kier molecular flexibility index (Phi) is 6.55. The zero-order valence-electron chi connectivity index (χ0n) is 18.3. The number of phenols is 2. The molecule has 2 atom stereocenters. The molecular weight excluding hydrogens is 423 g/mol. The molecule has 0 bridgehead atoms. The Labute approximate surface area is 184 Å². The first-order valence-electron chi connectivity index (χ1n) is 10.2. The summed E-state index contributed by atoms with van der Waals surface area (Å²) in [7, 11) is 1.19. The summed E-state index contributed by atoms with van der Waals surface area (Å²) in [6.45, 7) is 4.47. The van der Waals surface area contributed by atoms with Gasteiger partial charge in [0, 0.05) is 24.2 Å². The highest BCUT2D eigenvalue weighted by atomic mass is 19.1. The zero-order valence-corrected chi connectivity index (χ0v) is 18.3. The summed E-state index contributed by atoms with van der Waals surface area (Å²) >= 11 is 0. The molecule has 0 aromatic heterocycles. The van der Waals surface area contributed by atoms with Crippen LogP contribution in [0.5, 0.6) is 11.5 Å². The molecule has 0 saturated heterocycles. The van der Waals surface area contributed by atoms with Crippen molar-refractivity contribution in [2.75, 3.05) is 13.7 Å². The van der Waals surface area contributed by atoms with Crippen molar-refractivity contribution in [3.8, 4) is 11.5 Å². The highest BCUT2D eigenvalue weighted by Crippen LogP contribution is 2.44. The smallest absolute Gasteiger partial charge is 0.330 e. The van der Waals surface area contributed by atoms with Crippen molar-refractivity contribution in [2.45, 2.75) is 44.9 Å². The highest BCUT2D eigenvalue weighted by molar-refractivity contribution is 5.86. The summed E-state index contributed by atoms with van der Waals surface area (Å²) in [4.78, 5) is 13.0. The van der Waals surface area contributed by atoms with Crippen molar-refractivity contribution in [1.82, 2.24) is 4.90 Å². The van der Waals surface area contributed by atoms with E-state index in [1.807, 2.05) is 6.92 Å². The van der Waals surface area contributed by atoms with Crippen LogP contribution in [0.25, 0.3) is 6.08 Å². The molecule has 0 radical (unpaired) electrons. The number of hydrogen-bond donors (Lipinski definition) is 2. The molecule has 2 aromatic carbocycles. The fraction of sp³-hybridized carbons (Fsp3) is 0.375. The van der Waals surface area contributed by atoms with Gasteiger partial charge >= 0.3 is 5.97 Å². The van der Waals surface area contributed by atoms with Crippen LogP contribution in [0.2, 0.25) is 0 Å². The molecule has 1 aliphatic heterocycles.